The number of hydrogen-bond donors (Lipinski definition) is 0. The number of nitrogens with zero attached hydrogens (tertiary/aromatic N) is 3. The van der Waals surface area contributed by atoms with E-state index in [1.807, 2.05) is 55.4 Å². The summed E-state index contributed by atoms with van der Waals surface area (Å²) in [7, 11) is 3.96. The topological polar surface area (TPSA) is 45.7 Å². The van der Waals surface area contributed by atoms with Crippen molar-refractivity contribution in [3.8, 4) is 5.75 Å². The Balaban J connectivity index is 1.55. The molecule has 5 nitrogen and oxygen atoms in total. The predicted molar refractivity (Wildman–Crippen MR) is 85.3 cm³/mol. The first-order chi connectivity index (χ1) is 10.6. The molecule has 2 heterocycles. The van der Waals surface area contributed by atoms with Gasteiger partial charge in [0.2, 0.25) is 0 Å². The third-order valence-electron chi connectivity index (χ3n) is 3.70. The molecule has 0 aliphatic carbocycles. The van der Waals surface area contributed by atoms with Crippen LogP contribution >= 0.6 is 0 Å². The maximum absolute atomic E-state index is 12.4. The number of anilines is 1. The van der Waals surface area contributed by atoms with Gasteiger partial charge >= 0.3 is 0 Å². The van der Waals surface area contributed by atoms with Crippen LogP contribution in [0.15, 0.2) is 48.8 Å². The standard InChI is InChI=1S/C17H19N3O2/c1-19(2)14-7-5-13(6-8-14)17(21)20-11-16(12-20)22-15-4-3-9-18-10-15/h3-10,16H,11-12H2,1-2H3. The Morgan fingerprint density at radius 2 is 1.95 bits per heavy atom. The predicted octanol–water partition coefficient (Wildman–Crippen LogP) is 2.05. The molecule has 114 valence electrons. The summed E-state index contributed by atoms with van der Waals surface area (Å²) in [5.74, 6) is 0.797. The molecule has 1 saturated heterocycles. The highest BCUT2D eigenvalue weighted by Crippen LogP contribution is 2.20. The van der Waals surface area contributed by atoms with Gasteiger partial charge in [-0.15, -0.1) is 0 Å². The molecule has 3 rings (SSSR count). The number of carbonyl (C=O) groups is 1. The molecule has 1 aromatic heterocycles. The van der Waals surface area contributed by atoms with Crippen molar-refractivity contribution in [2.45, 2.75) is 6.10 Å². The Hall–Kier alpha value is -2.56. The van der Waals surface area contributed by atoms with Gasteiger partial charge in [0.25, 0.3) is 5.91 Å². The van der Waals surface area contributed by atoms with Gasteiger partial charge in [0.15, 0.2) is 0 Å². The van der Waals surface area contributed by atoms with Crippen molar-refractivity contribution in [3.63, 3.8) is 0 Å². The van der Waals surface area contributed by atoms with Crippen molar-refractivity contribution in [1.29, 1.82) is 0 Å². The van der Waals surface area contributed by atoms with Crippen molar-refractivity contribution in [1.82, 2.24) is 9.88 Å². The van der Waals surface area contributed by atoms with E-state index >= 15 is 0 Å². The number of likely N-dealkylation sites (tertiary alicyclic amines) is 1. The van der Waals surface area contributed by atoms with E-state index in [9.17, 15) is 4.79 Å². The minimum Gasteiger partial charge on any atom is -0.485 e. The number of hydrogen-bond acceptors (Lipinski definition) is 4. The van der Waals surface area contributed by atoms with E-state index < -0.39 is 0 Å². The van der Waals surface area contributed by atoms with Gasteiger partial charge in [-0.3, -0.25) is 9.78 Å². The number of amides is 1. The summed E-state index contributed by atoms with van der Waals surface area (Å²) in [5, 5.41) is 0. The monoisotopic (exact) mass is 297 g/mol. The molecule has 1 amide bonds. The van der Waals surface area contributed by atoms with E-state index in [0.29, 0.717) is 18.7 Å². The molecule has 1 aromatic carbocycles. The Morgan fingerprint density at radius 1 is 1.23 bits per heavy atom. The summed E-state index contributed by atoms with van der Waals surface area (Å²) in [6.45, 7) is 1.23. The first kappa shape index (κ1) is 14.4. The van der Waals surface area contributed by atoms with Crippen LogP contribution in [0.5, 0.6) is 5.75 Å². The van der Waals surface area contributed by atoms with E-state index in [0.717, 1.165) is 11.4 Å². The molecule has 0 atom stereocenters. The first-order valence-electron chi connectivity index (χ1n) is 7.27. The van der Waals surface area contributed by atoms with Gasteiger partial charge in [0.05, 0.1) is 19.3 Å². The molecule has 5 heteroatoms. The lowest BCUT2D eigenvalue weighted by atomic mass is 10.1. The average molecular weight is 297 g/mol. The molecule has 0 N–H and O–H groups in total. The first-order valence-corrected chi connectivity index (χ1v) is 7.27. The fraction of sp³-hybridized carbons (Fsp3) is 0.294. The molecule has 0 saturated carbocycles. The number of carbonyl (C=O) groups excluding carboxylic acids is 1. The fourth-order valence-electron chi connectivity index (χ4n) is 2.37. The minimum absolute atomic E-state index is 0.0502. The quantitative estimate of drug-likeness (QED) is 0.866. The number of benzene rings is 1. The van der Waals surface area contributed by atoms with Crippen molar-refractivity contribution in [3.05, 3.63) is 54.4 Å². The maximum Gasteiger partial charge on any atom is 0.254 e. The van der Waals surface area contributed by atoms with Crippen LogP contribution in [0.1, 0.15) is 10.4 Å². The second-order valence-corrected chi connectivity index (χ2v) is 5.58. The maximum atomic E-state index is 12.4. The minimum atomic E-state index is 0.0502. The highest BCUT2D eigenvalue weighted by molar-refractivity contribution is 5.95. The lowest BCUT2D eigenvalue weighted by Crippen LogP contribution is -2.56. The number of aromatic nitrogens is 1. The fourth-order valence-corrected chi connectivity index (χ4v) is 2.37. The molecule has 0 bridgehead atoms. The lowest BCUT2D eigenvalue weighted by molar-refractivity contribution is 0.0176. The molecule has 0 spiro atoms. The van der Waals surface area contributed by atoms with Crippen LogP contribution in [-0.4, -0.2) is 49.1 Å². The average Bonchev–Trinajstić information content (AvgIpc) is 2.51. The zero-order valence-electron chi connectivity index (χ0n) is 12.8. The Kier molecular flexibility index (Phi) is 3.96. The van der Waals surface area contributed by atoms with Crippen LogP contribution in [0.3, 0.4) is 0 Å². The smallest absolute Gasteiger partial charge is 0.254 e. The van der Waals surface area contributed by atoms with E-state index in [1.54, 1.807) is 17.3 Å². The van der Waals surface area contributed by atoms with Gasteiger partial charge in [-0.25, -0.2) is 0 Å². The van der Waals surface area contributed by atoms with Gasteiger partial charge < -0.3 is 14.5 Å². The van der Waals surface area contributed by atoms with Gasteiger partial charge in [-0.05, 0) is 36.4 Å². The molecule has 0 unspecified atom stereocenters. The van der Waals surface area contributed by atoms with Crippen molar-refractivity contribution >= 4 is 11.6 Å². The third kappa shape index (κ3) is 3.03. The molecular formula is C17H19N3O2. The summed E-state index contributed by atoms with van der Waals surface area (Å²) in [6, 6.07) is 11.4. The van der Waals surface area contributed by atoms with Gasteiger partial charge in [0, 0.05) is 31.5 Å². The Labute approximate surface area is 130 Å². The summed E-state index contributed by atoms with van der Waals surface area (Å²) in [5.41, 5.74) is 1.79. The second-order valence-electron chi connectivity index (χ2n) is 5.58. The van der Waals surface area contributed by atoms with Gasteiger partial charge in [-0.2, -0.15) is 0 Å². The molecule has 1 fully saturated rings. The third-order valence-corrected chi connectivity index (χ3v) is 3.70. The normalized spacial score (nSPS) is 14.4. The van der Waals surface area contributed by atoms with Gasteiger partial charge in [-0.1, -0.05) is 0 Å². The Bertz CT molecular complexity index is 635. The zero-order valence-corrected chi connectivity index (χ0v) is 12.8. The van der Waals surface area contributed by atoms with Crippen LogP contribution in [-0.2, 0) is 0 Å². The van der Waals surface area contributed by atoms with E-state index in [2.05, 4.69) is 4.98 Å². The van der Waals surface area contributed by atoms with Crippen molar-refractivity contribution < 1.29 is 9.53 Å². The molecular weight excluding hydrogens is 278 g/mol. The number of pyridine rings is 1. The van der Waals surface area contributed by atoms with Crippen LogP contribution < -0.4 is 9.64 Å². The highest BCUT2D eigenvalue weighted by Gasteiger charge is 2.32. The van der Waals surface area contributed by atoms with Crippen molar-refractivity contribution in [2.24, 2.45) is 0 Å². The molecule has 1 aliphatic heterocycles. The largest absolute Gasteiger partial charge is 0.485 e. The molecule has 1 aliphatic rings. The van der Waals surface area contributed by atoms with E-state index in [-0.39, 0.29) is 12.0 Å². The lowest BCUT2D eigenvalue weighted by Gasteiger charge is -2.39. The summed E-state index contributed by atoms with van der Waals surface area (Å²) in [4.78, 5) is 20.2. The van der Waals surface area contributed by atoms with Crippen LogP contribution in [0.2, 0.25) is 0 Å². The van der Waals surface area contributed by atoms with Crippen LogP contribution in [0.4, 0.5) is 5.69 Å². The van der Waals surface area contributed by atoms with E-state index in [1.165, 1.54) is 0 Å². The Morgan fingerprint density at radius 3 is 2.55 bits per heavy atom. The van der Waals surface area contributed by atoms with E-state index in [4.69, 9.17) is 4.74 Å². The highest BCUT2D eigenvalue weighted by atomic mass is 16.5. The van der Waals surface area contributed by atoms with Crippen molar-refractivity contribution in [2.75, 3.05) is 32.1 Å². The SMILES string of the molecule is CN(C)c1ccc(C(=O)N2CC(Oc3cccnc3)C2)cc1. The molecule has 22 heavy (non-hydrogen) atoms. The molecule has 2 aromatic rings. The number of rotatable bonds is 4. The van der Waals surface area contributed by atoms with Crippen LogP contribution in [0.25, 0.3) is 0 Å². The summed E-state index contributed by atoms with van der Waals surface area (Å²) in [6.07, 6.45) is 3.44. The summed E-state index contributed by atoms with van der Waals surface area (Å²) >= 11 is 0. The number of ether oxygens (including phenoxy) is 1. The molecule has 0 radical (unpaired) electrons. The zero-order chi connectivity index (χ0) is 15.5. The van der Waals surface area contributed by atoms with Crippen LogP contribution in [0, 0.1) is 0 Å². The van der Waals surface area contributed by atoms with Gasteiger partial charge in [0.1, 0.15) is 11.9 Å². The summed E-state index contributed by atoms with van der Waals surface area (Å²) < 4.78 is 5.75. The second kappa shape index (κ2) is 6.05.